The summed E-state index contributed by atoms with van der Waals surface area (Å²) in [5.41, 5.74) is 5.24. The van der Waals surface area contributed by atoms with E-state index in [0.29, 0.717) is 17.9 Å². The van der Waals surface area contributed by atoms with E-state index in [1.54, 1.807) is 6.07 Å². The summed E-state index contributed by atoms with van der Waals surface area (Å²) in [5.74, 6) is 0.673. The molecule has 1 N–H and O–H groups in total. The summed E-state index contributed by atoms with van der Waals surface area (Å²) in [5, 5.41) is 3.39. The van der Waals surface area contributed by atoms with Gasteiger partial charge in [-0.2, -0.15) is 0 Å². The van der Waals surface area contributed by atoms with Crippen LogP contribution in [0.2, 0.25) is 0 Å². The number of fused-ring (bicyclic) bond motifs is 1. The van der Waals surface area contributed by atoms with Gasteiger partial charge < -0.3 is 10.1 Å². The van der Waals surface area contributed by atoms with Gasteiger partial charge in [0.25, 0.3) is 0 Å². The van der Waals surface area contributed by atoms with Gasteiger partial charge in [-0.15, -0.1) is 0 Å². The second-order valence-electron chi connectivity index (χ2n) is 9.11. The minimum atomic E-state index is -0.299. The lowest BCUT2D eigenvalue weighted by molar-refractivity contribution is 0.0600. The van der Waals surface area contributed by atoms with Crippen LogP contribution in [0.1, 0.15) is 63.1 Å². The van der Waals surface area contributed by atoms with Gasteiger partial charge in [0.1, 0.15) is 0 Å². The Labute approximate surface area is 191 Å². The second-order valence-corrected chi connectivity index (χ2v) is 9.11. The van der Waals surface area contributed by atoms with Crippen molar-refractivity contribution in [3.63, 3.8) is 0 Å². The van der Waals surface area contributed by atoms with Crippen molar-refractivity contribution in [2.24, 2.45) is 5.92 Å². The first kappa shape index (κ1) is 22.7. The van der Waals surface area contributed by atoms with Crippen LogP contribution in [0.4, 0.5) is 0 Å². The number of piperidine rings is 1. The van der Waals surface area contributed by atoms with Gasteiger partial charge in [0.2, 0.25) is 0 Å². The molecule has 2 aromatic rings. The van der Waals surface area contributed by atoms with E-state index >= 15 is 0 Å². The lowest BCUT2D eigenvalue weighted by atomic mass is 9.90. The molecule has 0 aromatic heterocycles. The number of ether oxygens (including phenoxy) is 1. The highest BCUT2D eigenvalue weighted by Gasteiger charge is 2.18. The van der Waals surface area contributed by atoms with Gasteiger partial charge in [0, 0.05) is 31.6 Å². The lowest BCUT2D eigenvalue weighted by Crippen LogP contribution is -2.28. The van der Waals surface area contributed by atoms with Crippen molar-refractivity contribution < 1.29 is 14.3 Å². The molecule has 0 amide bonds. The van der Waals surface area contributed by atoms with E-state index in [-0.39, 0.29) is 11.8 Å². The Morgan fingerprint density at radius 3 is 2.56 bits per heavy atom. The van der Waals surface area contributed by atoms with E-state index in [1.807, 2.05) is 18.2 Å². The maximum atomic E-state index is 12.8. The maximum Gasteiger partial charge on any atom is 0.337 e. The van der Waals surface area contributed by atoms with Gasteiger partial charge in [0.15, 0.2) is 5.78 Å². The van der Waals surface area contributed by atoms with Crippen molar-refractivity contribution in [2.45, 2.75) is 45.1 Å². The van der Waals surface area contributed by atoms with E-state index in [9.17, 15) is 9.59 Å². The number of methoxy groups -OCH3 is 1. The van der Waals surface area contributed by atoms with E-state index in [2.05, 4.69) is 28.4 Å². The van der Waals surface area contributed by atoms with Crippen molar-refractivity contribution in [3.05, 3.63) is 70.3 Å². The second kappa shape index (κ2) is 10.9. The Kier molecular flexibility index (Phi) is 7.72. The largest absolute Gasteiger partial charge is 0.465 e. The van der Waals surface area contributed by atoms with Crippen LogP contribution in [-0.2, 0) is 24.1 Å². The fraction of sp³-hybridized carbons (Fsp3) is 0.481. The third-order valence-corrected chi connectivity index (χ3v) is 6.92. The van der Waals surface area contributed by atoms with Gasteiger partial charge in [-0.1, -0.05) is 24.3 Å². The summed E-state index contributed by atoms with van der Waals surface area (Å²) >= 11 is 0. The third-order valence-electron chi connectivity index (χ3n) is 6.92. The van der Waals surface area contributed by atoms with E-state index in [0.717, 1.165) is 63.1 Å². The van der Waals surface area contributed by atoms with E-state index < -0.39 is 0 Å². The molecule has 2 heterocycles. The van der Waals surface area contributed by atoms with Crippen molar-refractivity contribution in [2.75, 3.05) is 33.3 Å². The minimum absolute atomic E-state index is 0.284. The molecule has 5 nitrogen and oxygen atoms in total. The highest BCUT2D eigenvalue weighted by molar-refractivity contribution is 5.96. The molecule has 0 unspecified atom stereocenters. The van der Waals surface area contributed by atoms with Crippen molar-refractivity contribution in [1.82, 2.24) is 10.2 Å². The molecule has 0 atom stereocenters. The zero-order valence-electron chi connectivity index (χ0n) is 19.1. The van der Waals surface area contributed by atoms with Crippen LogP contribution < -0.4 is 5.32 Å². The van der Waals surface area contributed by atoms with Crippen molar-refractivity contribution in [3.8, 4) is 0 Å². The molecular formula is C27H34N2O3. The Balaban J connectivity index is 1.35. The molecular weight excluding hydrogens is 400 g/mol. The Morgan fingerprint density at radius 2 is 1.78 bits per heavy atom. The number of nitrogens with one attached hydrogen (secondary N) is 1. The van der Waals surface area contributed by atoms with Crippen LogP contribution >= 0.6 is 0 Å². The molecule has 0 bridgehead atoms. The van der Waals surface area contributed by atoms with Gasteiger partial charge in [-0.3, -0.25) is 9.69 Å². The average Bonchev–Trinajstić information content (AvgIpc) is 3.04. The first-order valence-corrected chi connectivity index (χ1v) is 11.9. The molecule has 1 fully saturated rings. The number of Topliss-reactive ketones (excluding diaryl/α,β-unsaturated/α-hetero) is 1. The molecule has 0 aliphatic carbocycles. The summed E-state index contributed by atoms with van der Waals surface area (Å²) in [6.45, 7) is 4.89. The zero-order valence-corrected chi connectivity index (χ0v) is 19.1. The fourth-order valence-corrected chi connectivity index (χ4v) is 4.93. The normalized spacial score (nSPS) is 17.4. The predicted molar refractivity (Wildman–Crippen MR) is 126 cm³/mol. The summed E-state index contributed by atoms with van der Waals surface area (Å²) < 4.78 is 4.84. The van der Waals surface area contributed by atoms with Gasteiger partial charge in [-0.05, 0) is 86.0 Å². The maximum absolute atomic E-state index is 12.8. The molecule has 170 valence electrons. The molecule has 0 spiro atoms. The molecule has 0 radical (unpaired) electrons. The molecule has 1 saturated heterocycles. The summed E-state index contributed by atoms with van der Waals surface area (Å²) in [6, 6.07) is 14.0. The van der Waals surface area contributed by atoms with Crippen molar-refractivity contribution >= 4 is 11.8 Å². The number of nitrogens with zero attached hydrogens (tertiary/aromatic N) is 1. The molecule has 2 aromatic carbocycles. The van der Waals surface area contributed by atoms with Gasteiger partial charge in [0.05, 0.1) is 12.7 Å². The van der Waals surface area contributed by atoms with Crippen LogP contribution in [0.3, 0.4) is 0 Å². The number of hydrogen-bond donors (Lipinski definition) is 1. The van der Waals surface area contributed by atoms with Crippen LogP contribution in [0.15, 0.2) is 42.5 Å². The molecule has 0 saturated carbocycles. The van der Waals surface area contributed by atoms with E-state index in [4.69, 9.17) is 4.74 Å². The first-order chi connectivity index (χ1) is 15.6. The summed E-state index contributed by atoms with van der Waals surface area (Å²) in [7, 11) is 1.41. The average molecular weight is 435 g/mol. The number of rotatable bonds is 7. The zero-order chi connectivity index (χ0) is 22.3. The third kappa shape index (κ3) is 5.84. The molecule has 32 heavy (non-hydrogen) atoms. The van der Waals surface area contributed by atoms with Crippen LogP contribution in [0.25, 0.3) is 0 Å². The van der Waals surface area contributed by atoms with Crippen molar-refractivity contribution in [1.29, 1.82) is 0 Å². The Hall–Kier alpha value is -2.50. The number of esters is 1. The predicted octanol–water partition coefficient (Wildman–Crippen LogP) is 4.04. The topological polar surface area (TPSA) is 58.6 Å². The minimum Gasteiger partial charge on any atom is -0.465 e. The number of carbonyl (C=O) groups is 2. The number of ketones is 1. The monoisotopic (exact) mass is 434 g/mol. The quantitative estimate of drug-likeness (QED) is 0.527. The Bertz CT molecular complexity index is 950. The number of benzene rings is 2. The summed E-state index contributed by atoms with van der Waals surface area (Å²) in [6.07, 6.45) is 5.98. The van der Waals surface area contributed by atoms with Crippen LogP contribution in [0.5, 0.6) is 0 Å². The van der Waals surface area contributed by atoms with E-state index in [1.165, 1.54) is 31.1 Å². The molecule has 5 heteroatoms. The Morgan fingerprint density at radius 1 is 1.00 bits per heavy atom. The molecule has 2 aliphatic heterocycles. The molecule has 4 rings (SSSR count). The smallest absolute Gasteiger partial charge is 0.337 e. The van der Waals surface area contributed by atoms with Gasteiger partial charge in [-0.25, -0.2) is 4.79 Å². The lowest BCUT2D eigenvalue weighted by Gasteiger charge is -2.22. The molecule has 2 aliphatic rings. The first-order valence-electron chi connectivity index (χ1n) is 11.9. The SMILES string of the molecule is COC(=O)c1cccc(CN2CCc3ccc(C(=O)CCC4CCNCC4)cc3CC2)c1. The number of hydrogen-bond acceptors (Lipinski definition) is 5. The van der Waals surface area contributed by atoms with Crippen LogP contribution in [-0.4, -0.2) is 49.9 Å². The highest BCUT2D eigenvalue weighted by Crippen LogP contribution is 2.23. The number of carbonyl (C=O) groups excluding carboxylic acids is 2. The summed E-state index contributed by atoms with van der Waals surface area (Å²) in [4.78, 5) is 27.1. The van der Waals surface area contributed by atoms with Gasteiger partial charge >= 0.3 is 5.97 Å². The van der Waals surface area contributed by atoms with Crippen LogP contribution in [0, 0.1) is 5.92 Å². The fourth-order valence-electron chi connectivity index (χ4n) is 4.93. The standard InChI is InChI=1S/C27H34N2O3/c1-32-27(31)25-4-2-3-21(17-25)19-29-15-11-22-6-7-24(18-23(22)12-16-29)26(30)8-5-20-9-13-28-14-10-20/h2-4,6-7,17-18,20,28H,5,8-16,19H2,1H3. The highest BCUT2D eigenvalue weighted by atomic mass is 16.5.